The molecule has 2 N–H and O–H groups in total. The number of rotatable bonds is 3. The quantitative estimate of drug-likeness (QED) is 0.918. The summed E-state index contributed by atoms with van der Waals surface area (Å²) in [6.45, 7) is 10.1. The lowest BCUT2D eigenvalue weighted by molar-refractivity contribution is 0.590. The highest BCUT2D eigenvalue weighted by molar-refractivity contribution is 5.60. The molecular weight excluding hydrogens is 234 g/mol. The largest absolute Gasteiger partial charge is 0.329 e. The normalized spacial score (nSPS) is 11.8. The number of hydrogen-bond acceptors (Lipinski definition) is 2. The summed E-state index contributed by atoms with van der Waals surface area (Å²) in [6.07, 6.45) is 0. The lowest BCUT2D eigenvalue weighted by Gasteiger charge is -2.19. The maximum Gasteiger partial charge on any atom is 0.0685 e. The smallest absolute Gasteiger partial charge is 0.0685 e. The molecule has 0 aliphatic carbocycles. The zero-order valence-electron chi connectivity index (χ0n) is 12.3. The molecule has 1 heterocycles. The van der Waals surface area contributed by atoms with Gasteiger partial charge in [0.15, 0.2) is 0 Å². The summed E-state index contributed by atoms with van der Waals surface area (Å²) in [5.41, 5.74) is 10.5. The third-order valence-corrected chi connectivity index (χ3v) is 3.29. The first-order valence-electron chi connectivity index (χ1n) is 6.77. The van der Waals surface area contributed by atoms with Gasteiger partial charge in [-0.2, -0.15) is 5.10 Å². The molecule has 2 aromatic rings. The van der Waals surface area contributed by atoms with Crippen LogP contribution in [0.25, 0.3) is 11.3 Å². The van der Waals surface area contributed by atoms with E-state index in [4.69, 9.17) is 5.73 Å². The van der Waals surface area contributed by atoms with E-state index in [1.807, 2.05) is 11.6 Å². The molecule has 0 fully saturated rings. The first-order valence-corrected chi connectivity index (χ1v) is 6.77. The van der Waals surface area contributed by atoms with Crippen LogP contribution in [0.15, 0.2) is 30.3 Å². The molecule has 0 saturated heterocycles. The van der Waals surface area contributed by atoms with Gasteiger partial charge >= 0.3 is 0 Å². The van der Waals surface area contributed by atoms with Crippen LogP contribution >= 0.6 is 0 Å². The van der Waals surface area contributed by atoms with Crippen molar-refractivity contribution in [2.75, 3.05) is 6.54 Å². The molecule has 102 valence electrons. The lowest BCUT2D eigenvalue weighted by Crippen LogP contribution is -2.12. The predicted molar refractivity (Wildman–Crippen MR) is 80.2 cm³/mol. The fraction of sp³-hybridized carbons (Fsp3) is 0.438. The van der Waals surface area contributed by atoms with E-state index < -0.39 is 0 Å². The molecule has 19 heavy (non-hydrogen) atoms. The minimum absolute atomic E-state index is 0.186. The van der Waals surface area contributed by atoms with Gasteiger partial charge < -0.3 is 5.73 Å². The summed E-state index contributed by atoms with van der Waals surface area (Å²) in [7, 11) is 0. The number of nitrogens with zero attached hydrogens (tertiary/aromatic N) is 2. The molecule has 3 nitrogen and oxygen atoms in total. The van der Waals surface area contributed by atoms with Crippen LogP contribution < -0.4 is 5.73 Å². The summed E-state index contributed by atoms with van der Waals surface area (Å²) < 4.78 is 1.99. The van der Waals surface area contributed by atoms with Crippen LogP contribution in [0.2, 0.25) is 0 Å². The van der Waals surface area contributed by atoms with Crippen molar-refractivity contribution >= 4 is 0 Å². The fourth-order valence-electron chi connectivity index (χ4n) is 2.21. The van der Waals surface area contributed by atoms with Crippen molar-refractivity contribution in [3.8, 4) is 11.3 Å². The third kappa shape index (κ3) is 3.04. The van der Waals surface area contributed by atoms with Crippen LogP contribution in [-0.2, 0) is 12.0 Å². The van der Waals surface area contributed by atoms with Gasteiger partial charge in [0.1, 0.15) is 0 Å². The van der Waals surface area contributed by atoms with Gasteiger partial charge in [-0.1, -0.05) is 45.0 Å². The van der Waals surface area contributed by atoms with E-state index >= 15 is 0 Å². The van der Waals surface area contributed by atoms with E-state index in [1.165, 1.54) is 11.1 Å². The number of benzene rings is 1. The van der Waals surface area contributed by atoms with Gasteiger partial charge in [0.2, 0.25) is 0 Å². The Labute approximate surface area is 115 Å². The second-order valence-electron chi connectivity index (χ2n) is 6.01. The average molecular weight is 257 g/mol. The van der Waals surface area contributed by atoms with Crippen LogP contribution in [0.4, 0.5) is 0 Å². The number of aromatic nitrogens is 2. The molecule has 0 unspecified atom stereocenters. The van der Waals surface area contributed by atoms with E-state index in [-0.39, 0.29) is 5.41 Å². The second kappa shape index (κ2) is 5.17. The number of aryl methyl sites for hydroxylation is 1. The predicted octanol–water partition coefficient (Wildman–Crippen LogP) is 3.11. The first-order chi connectivity index (χ1) is 8.91. The average Bonchev–Trinajstić information content (AvgIpc) is 2.70. The van der Waals surface area contributed by atoms with E-state index in [0.717, 1.165) is 17.9 Å². The van der Waals surface area contributed by atoms with Crippen molar-refractivity contribution in [2.45, 2.75) is 39.7 Å². The van der Waals surface area contributed by atoms with E-state index in [1.54, 1.807) is 0 Å². The summed E-state index contributed by atoms with van der Waals surface area (Å²) in [4.78, 5) is 0. The van der Waals surface area contributed by atoms with Crippen molar-refractivity contribution < 1.29 is 0 Å². The highest BCUT2D eigenvalue weighted by Gasteiger charge is 2.14. The molecule has 0 atom stereocenters. The second-order valence-corrected chi connectivity index (χ2v) is 6.01. The summed E-state index contributed by atoms with van der Waals surface area (Å²) in [6, 6.07) is 10.9. The Morgan fingerprint density at radius 3 is 2.32 bits per heavy atom. The monoisotopic (exact) mass is 257 g/mol. The minimum Gasteiger partial charge on any atom is -0.329 e. The molecule has 0 aliphatic rings. The Bertz CT molecular complexity index is 544. The van der Waals surface area contributed by atoms with Crippen LogP contribution in [-0.4, -0.2) is 16.3 Å². The van der Waals surface area contributed by atoms with Gasteiger partial charge in [0, 0.05) is 6.54 Å². The van der Waals surface area contributed by atoms with Gasteiger partial charge in [-0.15, -0.1) is 0 Å². The standard InChI is InChI=1S/C16H23N3/c1-12-11-15(19(18-12)10-9-17)13-5-7-14(8-6-13)16(2,3)4/h5-8,11H,9-10,17H2,1-4H3. The van der Waals surface area contributed by atoms with E-state index in [0.29, 0.717) is 6.54 Å². The maximum absolute atomic E-state index is 5.64. The highest BCUT2D eigenvalue weighted by atomic mass is 15.3. The van der Waals surface area contributed by atoms with Crippen molar-refractivity contribution in [1.82, 2.24) is 9.78 Å². The van der Waals surface area contributed by atoms with E-state index in [2.05, 4.69) is 56.2 Å². The zero-order chi connectivity index (χ0) is 14.0. The van der Waals surface area contributed by atoms with Crippen LogP contribution in [0, 0.1) is 6.92 Å². The van der Waals surface area contributed by atoms with Crippen molar-refractivity contribution in [2.24, 2.45) is 5.73 Å². The van der Waals surface area contributed by atoms with Crippen molar-refractivity contribution in [3.63, 3.8) is 0 Å². The molecule has 0 radical (unpaired) electrons. The van der Waals surface area contributed by atoms with Crippen LogP contribution in [0.5, 0.6) is 0 Å². The fourth-order valence-corrected chi connectivity index (χ4v) is 2.21. The Kier molecular flexibility index (Phi) is 3.76. The minimum atomic E-state index is 0.186. The molecular formula is C16H23N3. The molecule has 0 saturated carbocycles. The summed E-state index contributed by atoms with van der Waals surface area (Å²) in [5, 5.41) is 4.48. The Hall–Kier alpha value is -1.61. The SMILES string of the molecule is Cc1cc(-c2ccc(C(C)(C)C)cc2)n(CCN)n1. The van der Waals surface area contributed by atoms with Gasteiger partial charge in [0.25, 0.3) is 0 Å². The Morgan fingerprint density at radius 1 is 1.16 bits per heavy atom. The Balaban J connectivity index is 2.37. The van der Waals surface area contributed by atoms with Gasteiger partial charge in [-0.25, -0.2) is 0 Å². The number of hydrogen-bond donors (Lipinski definition) is 1. The molecule has 0 spiro atoms. The zero-order valence-corrected chi connectivity index (χ0v) is 12.3. The Morgan fingerprint density at radius 2 is 1.79 bits per heavy atom. The molecule has 3 heteroatoms. The van der Waals surface area contributed by atoms with Gasteiger partial charge in [0.05, 0.1) is 17.9 Å². The van der Waals surface area contributed by atoms with Crippen molar-refractivity contribution in [3.05, 3.63) is 41.6 Å². The summed E-state index contributed by atoms with van der Waals surface area (Å²) in [5.74, 6) is 0. The molecule has 0 aliphatic heterocycles. The molecule has 2 rings (SSSR count). The molecule has 0 amide bonds. The van der Waals surface area contributed by atoms with Crippen LogP contribution in [0.3, 0.4) is 0 Å². The molecule has 1 aromatic heterocycles. The summed E-state index contributed by atoms with van der Waals surface area (Å²) >= 11 is 0. The molecule has 1 aromatic carbocycles. The van der Waals surface area contributed by atoms with Gasteiger partial charge in [-0.05, 0) is 29.5 Å². The van der Waals surface area contributed by atoms with Crippen LogP contribution in [0.1, 0.15) is 32.0 Å². The molecule has 0 bridgehead atoms. The van der Waals surface area contributed by atoms with Gasteiger partial charge in [-0.3, -0.25) is 4.68 Å². The van der Waals surface area contributed by atoms with Crippen molar-refractivity contribution in [1.29, 1.82) is 0 Å². The van der Waals surface area contributed by atoms with E-state index in [9.17, 15) is 0 Å². The highest BCUT2D eigenvalue weighted by Crippen LogP contribution is 2.26. The first kappa shape index (κ1) is 13.8. The third-order valence-electron chi connectivity index (χ3n) is 3.29. The topological polar surface area (TPSA) is 43.8 Å². The maximum atomic E-state index is 5.64. The lowest BCUT2D eigenvalue weighted by atomic mass is 9.86. The number of nitrogens with two attached hydrogens (primary N) is 1.